The minimum absolute atomic E-state index is 0.821. The minimum Gasteiger partial charge on any atom is -0.311 e. The first-order valence-corrected chi connectivity index (χ1v) is 6.39. The highest BCUT2D eigenvalue weighted by Gasteiger charge is 2.33. The highest BCUT2D eigenvalue weighted by Crippen LogP contribution is 2.31. The van der Waals surface area contributed by atoms with E-state index in [0.29, 0.717) is 0 Å². The molecule has 0 aromatic rings. The monoisotopic (exact) mass is 194 g/mol. The van der Waals surface area contributed by atoms with Crippen LogP contribution in [0.2, 0.25) is 0 Å². The summed E-state index contributed by atoms with van der Waals surface area (Å²) in [4.78, 5) is 2.75. The fraction of sp³-hybridized carbons (Fsp3) is 1.00. The van der Waals surface area contributed by atoms with E-state index in [0.717, 1.165) is 18.0 Å². The number of hydrogen-bond acceptors (Lipinski definition) is 2. The van der Waals surface area contributed by atoms with E-state index in [-0.39, 0.29) is 0 Å². The van der Waals surface area contributed by atoms with E-state index in [9.17, 15) is 0 Å². The van der Waals surface area contributed by atoms with Gasteiger partial charge in [-0.05, 0) is 31.7 Å². The molecule has 2 nitrogen and oxygen atoms in total. The van der Waals surface area contributed by atoms with Gasteiger partial charge >= 0.3 is 0 Å². The van der Waals surface area contributed by atoms with Crippen LogP contribution in [0.4, 0.5) is 0 Å². The molecule has 2 atom stereocenters. The Morgan fingerprint density at radius 3 is 2.57 bits per heavy atom. The molecular weight excluding hydrogens is 172 g/mol. The lowest BCUT2D eigenvalue weighted by atomic mass is 9.82. The Morgan fingerprint density at radius 2 is 2.07 bits per heavy atom. The van der Waals surface area contributed by atoms with Crippen LogP contribution >= 0.6 is 0 Å². The molecule has 2 bridgehead atoms. The average molecular weight is 194 g/mol. The Balaban J connectivity index is 1.47. The summed E-state index contributed by atoms with van der Waals surface area (Å²) in [5.41, 5.74) is 0. The molecule has 3 aliphatic heterocycles. The maximum Gasteiger partial charge on any atom is 0.0221 e. The molecule has 3 heterocycles. The van der Waals surface area contributed by atoms with Gasteiger partial charge in [0.15, 0.2) is 0 Å². The summed E-state index contributed by atoms with van der Waals surface area (Å²) in [5.74, 6) is 1.09. The van der Waals surface area contributed by atoms with Crippen molar-refractivity contribution in [2.75, 3.05) is 19.6 Å². The molecule has 0 spiro atoms. The largest absolute Gasteiger partial charge is 0.311 e. The van der Waals surface area contributed by atoms with Crippen molar-refractivity contribution < 1.29 is 0 Å². The predicted molar refractivity (Wildman–Crippen MR) is 58.3 cm³/mol. The van der Waals surface area contributed by atoms with Gasteiger partial charge in [0.25, 0.3) is 0 Å². The van der Waals surface area contributed by atoms with Crippen molar-refractivity contribution in [1.29, 1.82) is 0 Å². The molecular formula is C12H22N2. The third kappa shape index (κ3) is 1.70. The lowest BCUT2D eigenvalue weighted by molar-refractivity contribution is 0.0653. The molecule has 80 valence electrons. The van der Waals surface area contributed by atoms with Crippen molar-refractivity contribution >= 4 is 0 Å². The molecule has 1 aliphatic carbocycles. The van der Waals surface area contributed by atoms with Crippen LogP contribution in [-0.4, -0.2) is 36.6 Å². The second kappa shape index (κ2) is 3.82. The van der Waals surface area contributed by atoms with Crippen molar-refractivity contribution in [2.45, 2.75) is 50.6 Å². The summed E-state index contributed by atoms with van der Waals surface area (Å²) in [5, 5.41) is 3.62. The van der Waals surface area contributed by atoms with Crippen molar-refractivity contribution in [3.63, 3.8) is 0 Å². The Hall–Kier alpha value is -0.0800. The first-order chi connectivity index (χ1) is 6.92. The second-order valence-electron chi connectivity index (χ2n) is 5.42. The molecule has 0 amide bonds. The molecule has 1 N–H and O–H groups in total. The first-order valence-electron chi connectivity index (χ1n) is 6.39. The van der Waals surface area contributed by atoms with Crippen LogP contribution in [0.1, 0.15) is 38.5 Å². The SMILES string of the molecule is C1CC(CCN2CC3CCC2CN3)C1. The van der Waals surface area contributed by atoms with Crippen LogP contribution in [0.15, 0.2) is 0 Å². The van der Waals surface area contributed by atoms with Crippen LogP contribution in [0, 0.1) is 5.92 Å². The normalized spacial score (nSPS) is 38.6. The van der Waals surface area contributed by atoms with Crippen molar-refractivity contribution in [1.82, 2.24) is 10.2 Å². The second-order valence-corrected chi connectivity index (χ2v) is 5.42. The summed E-state index contributed by atoms with van der Waals surface area (Å²) in [6, 6.07) is 1.70. The number of nitrogens with one attached hydrogen (secondary N) is 1. The van der Waals surface area contributed by atoms with Crippen LogP contribution < -0.4 is 5.32 Å². The Labute approximate surface area is 87.0 Å². The number of piperazine rings is 1. The van der Waals surface area contributed by atoms with E-state index < -0.39 is 0 Å². The molecule has 3 saturated heterocycles. The fourth-order valence-electron chi connectivity index (χ4n) is 3.20. The lowest BCUT2D eigenvalue weighted by Gasteiger charge is -2.46. The van der Waals surface area contributed by atoms with Crippen molar-refractivity contribution in [3.05, 3.63) is 0 Å². The zero-order valence-corrected chi connectivity index (χ0v) is 9.04. The van der Waals surface area contributed by atoms with Crippen LogP contribution in [-0.2, 0) is 0 Å². The maximum atomic E-state index is 3.62. The van der Waals surface area contributed by atoms with Gasteiger partial charge in [-0.15, -0.1) is 0 Å². The molecule has 0 radical (unpaired) electrons. The van der Waals surface area contributed by atoms with Gasteiger partial charge in [-0.25, -0.2) is 0 Å². The van der Waals surface area contributed by atoms with E-state index in [4.69, 9.17) is 0 Å². The molecule has 1 saturated carbocycles. The van der Waals surface area contributed by atoms with Gasteiger partial charge in [0.1, 0.15) is 0 Å². The fourth-order valence-corrected chi connectivity index (χ4v) is 3.20. The summed E-state index contributed by atoms with van der Waals surface area (Å²) < 4.78 is 0. The molecule has 4 aliphatic rings. The average Bonchev–Trinajstić information content (AvgIpc) is 2.17. The van der Waals surface area contributed by atoms with E-state index in [1.165, 1.54) is 58.2 Å². The van der Waals surface area contributed by atoms with Gasteiger partial charge in [-0.2, -0.15) is 0 Å². The van der Waals surface area contributed by atoms with Gasteiger partial charge < -0.3 is 5.32 Å². The Morgan fingerprint density at radius 1 is 1.14 bits per heavy atom. The van der Waals surface area contributed by atoms with Gasteiger partial charge in [-0.1, -0.05) is 19.3 Å². The molecule has 14 heavy (non-hydrogen) atoms. The third-order valence-electron chi connectivity index (χ3n) is 4.51. The van der Waals surface area contributed by atoms with E-state index in [1.807, 2.05) is 0 Å². The summed E-state index contributed by atoms with van der Waals surface area (Å²) in [6.07, 6.45) is 8.87. The van der Waals surface area contributed by atoms with Crippen LogP contribution in [0.3, 0.4) is 0 Å². The number of fused-ring (bicyclic) bond motifs is 3. The van der Waals surface area contributed by atoms with Crippen molar-refractivity contribution in [2.24, 2.45) is 5.92 Å². The number of hydrogen-bond donors (Lipinski definition) is 1. The zero-order valence-electron chi connectivity index (χ0n) is 9.04. The molecule has 4 fully saturated rings. The smallest absolute Gasteiger partial charge is 0.0221 e. The molecule has 4 rings (SSSR count). The van der Waals surface area contributed by atoms with Gasteiger partial charge in [-0.3, -0.25) is 4.90 Å². The first kappa shape index (κ1) is 9.17. The number of piperidine rings is 2. The van der Waals surface area contributed by atoms with Crippen LogP contribution in [0.5, 0.6) is 0 Å². The third-order valence-corrected chi connectivity index (χ3v) is 4.51. The quantitative estimate of drug-likeness (QED) is 0.734. The minimum atomic E-state index is 0.821. The molecule has 2 unspecified atom stereocenters. The topological polar surface area (TPSA) is 15.3 Å². The van der Waals surface area contributed by atoms with E-state index in [2.05, 4.69) is 10.2 Å². The van der Waals surface area contributed by atoms with Gasteiger partial charge in [0, 0.05) is 25.2 Å². The molecule has 0 aromatic heterocycles. The van der Waals surface area contributed by atoms with Crippen molar-refractivity contribution in [3.8, 4) is 0 Å². The lowest BCUT2D eigenvalue weighted by Crippen LogP contribution is -2.61. The standard InChI is InChI=1S/C12H22N2/c1-2-10(3-1)6-7-14-9-11-4-5-12(14)8-13-11/h10-13H,1-9H2. The highest BCUT2D eigenvalue weighted by molar-refractivity contribution is 4.92. The molecule has 0 aromatic carbocycles. The zero-order chi connectivity index (χ0) is 9.38. The van der Waals surface area contributed by atoms with Gasteiger partial charge in [0.2, 0.25) is 0 Å². The van der Waals surface area contributed by atoms with E-state index >= 15 is 0 Å². The maximum absolute atomic E-state index is 3.62. The summed E-state index contributed by atoms with van der Waals surface area (Å²) in [6.45, 7) is 3.97. The van der Waals surface area contributed by atoms with E-state index in [1.54, 1.807) is 0 Å². The van der Waals surface area contributed by atoms with Gasteiger partial charge in [0.05, 0.1) is 0 Å². The summed E-state index contributed by atoms with van der Waals surface area (Å²) >= 11 is 0. The highest BCUT2D eigenvalue weighted by atomic mass is 15.2. The Kier molecular flexibility index (Phi) is 2.50. The molecule has 2 heteroatoms. The Bertz CT molecular complexity index is 192. The van der Waals surface area contributed by atoms with Crippen LogP contribution in [0.25, 0.3) is 0 Å². The number of nitrogens with zero attached hydrogens (tertiary/aromatic N) is 1. The summed E-state index contributed by atoms with van der Waals surface area (Å²) in [7, 11) is 0. The predicted octanol–water partition coefficient (Wildman–Crippen LogP) is 1.61. The number of rotatable bonds is 3.